The normalized spacial score (nSPS) is 10.2. The van der Waals surface area contributed by atoms with E-state index in [1.165, 1.54) is 30.5 Å². The average molecular weight is 286 g/mol. The minimum Gasteiger partial charge on any atom is -0.436 e. The Morgan fingerprint density at radius 3 is 2.69 bits per heavy atom. The van der Waals surface area contributed by atoms with Crippen LogP contribution in [-0.4, -0.2) is 4.98 Å². The molecule has 2 aromatic rings. The van der Waals surface area contributed by atoms with E-state index in [-0.39, 0.29) is 11.6 Å². The van der Waals surface area contributed by atoms with Crippen molar-refractivity contribution >= 4 is 15.9 Å². The van der Waals surface area contributed by atoms with Gasteiger partial charge in [0.1, 0.15) is 11.6 Å². The van der Waals surface area contributed by atoms with Gasteiger partial charge in [0, 0.05) is 16.7 Å². The van der Waals surface area contributed by atoms with Gasteiger partial charge in [0.15, 0.2) is 5.82 Å². The fourth-order valence-electron chi connectivity index (χ4n) is 1.12. The molecule has 0 amide bonds. The Morgan fingerprint density at radius 2 is 2.00 bits per heavy atom. The van der Waals surface area contributed by atoms with Gasteiger partial charge in [-0.1, -0.05) is 6.07 Å². The zero-order valence-electron chi connectivity index (χ0n) is 7.95. The van der Waals surface area contributed by atoms with Crippen molar-refractivity contribution in [3.8, 4) is 11.6 Å². The number of aromatic nitrogens is 1. The molecule has 5 heteroatoms. The molecule has 0 spiro atoms. The molecule has 0 saturated carbocycles. The molecule has 0 N–H and O–H groups in total. The summed E-state index contributed by atoms with van der Waals surface area (Å²) in [4.78, 5) is 3.74. The van der Waals surface area contributed by atoms with Gasteiger partial charge in [-0.3, -0.25) is 0 Å². The van der Waals surface area contributed by atoms with Crippen molar-refractivity contribution in [2.24, 2.45) is 0 Å². The van der Waals surface area contributed by atoms with E-state index in [4.69, 9.17) is 4.74 Å². The standard InChI is InChI=1S/C11H6BrF2NO/c12-7-4-10(14)11(15-6-7)16-9-3-1-2-8(13)5-9/h1-6H. The molecule has 0 unspecified atom stereocenters. The number of hydrogen-bond acceptors (Lipinski definition) is 2. The summed E-state index contributed by atoms with van der Waals surface area (Å²) in [7, 11) is 0. The molecule has 0 aliphatic rings. The topological polar surface area (TPSA) is 22.1 Å². The van der Waals surface area contributed by atoms with Crippen LogP contribution in [0.1, 0.15) is 0 Å². The van der Waals surface area contributed by atoms with Crippen molar-refractivity contribution < 1.29 is 13.5 Å². The first-order valence-corrected chi connectivity index (χ1v) is 5.19. The molecule has 1 aromatic carbocycles. The Hall–Kier alpha value is -1.49. The van der Waals surface area contributed by atoms with E-state index < -0.39 is 11.6 Å². The number of benzene rings is 1. The maximum absolute atomic E-state index is 13.3. The highest BCUT2D eigenvalue weighted by Crippen LogP contribution is 2.24. The Bertz CT molecular complexity index is 519. The number of ether oxygens (including phenoxy) is 1. The lowest BCUT2D eigenvalue weighted by Gasteiger charge is -2.05. The van der Waals surface area contributed by atoms with Gasteiger partial charge in [0.2, 0.25) is 0 Å². The second-order valence-electron chi connectivity index (χ2n) is 3.00. The molecule has 0 saturated heterocycles. The van der Waals surface area contributed by atoms with E-state index in [1.807, 2.05) is 0 Å². The van der Waals surface area contributed by atoms with E-state index in [0.717, 1.165) is 6.07 Å². The maximum Gasteiger partial charge on any atom is 0.255 e. The van der Waals surface area contributed by atoms with Crippen molar-refractivity contribution in [3.63, 3.8) is 0 Å². The number of pyridine rings is 1. The van der Waals surface area contributed by atoms with E-state index in [2.05, 4.69) is 20.9 Å². The van der Waals surface area contributed by atoms with Crippen molar-refractivity contribution in [2.45, 2.75) is 0 Å². The molecule has 1 heterocycles. The molecular formula is C11H6BrF2NO. The van der Waals surface area contributed by atoms with Crippen LogP contribution in [0.15, 0.2) is 41.0 Å². The molecule has 0 aliphatic heterocycles. The van der Waals surface area contributed by atoms with Crippen molar-refractivity contribution in [1.29, 1.82) is 0 Å². The van der Waals surface area contributed by atoms with E-state index in [9.17, 15) is 8.78 Å². The van der Waals surface area contributed by atoms with Crippen LogP contribution in [0, 0.1) is 11.6 Å². The van der Waals surface area contributed by atoms with Crippen LogP contribution in [0.3, 0.4) is 0 Å². The van der Waals surface area contributed by atoms with Gasteiger partial charge in [-0.25, -0.2) is 13.8 Å². The van der Waals surface area contributed by atoms with Gasteiger partial charge in [0.25, 0.3) is 5.88 Å². The third kappa shape index (κ3) is 2.55. The number of nitrogens with zero attached hydrogens (tertiary/aromatic N) is 1. The Morgan fingerprint density at radius 1 is 1.19 bits per heavy atom. The molecule has 0 bridgehead atoms. The summed E-state index contributed by atoms with van der Waals surface area (Å²) < 4.78 is 31.8. The molecule has 2 rings (SSSR count). The molecule has 16 heavy (non-hydrogen) atoms. The number of rotatable bonds is 2. The molecule has 0 atom stereocenters. The van der Waals surface area contributed by atoms with Crippen molar-refractivity contribution in [1.82, 2.24) is 4.98 Å². The molecule has 82 valence electrons. The smallest absolute Gasteiger partial charge is 0.255 e. The largest absolute Gasteiger partial charge is 0.436 e. The summed E-state index contributed by atoms with van der Waals surface area (Å²) in [5, 5.41) is 0. The molecule has 0 fully saturated rings. The average Bonchev–Trinajstić information content (AvgIpc) is 2.22. The van der Waals surface area contributed by atoms with Crippen LogP contribution in [-0.2, 0) is 0 Å². The monoisotopic (exact) mass is 285 g/mol. The molecular weight excluding hydrogens is 280 g/mol. The summed E-state index contributed by atoms with van der Waals surface area (Å²) in [6, 6.07) is 6.65. The lowest BCUT2D eigenvalue weighted by molar-refractivity contribution is 0.419. The van der Waals surface area contributed by atoms with Gasteiger partial charge >= 0.3 is 0 Å². The van der Waals surface area contributed by atoms with Crippen LogP contribution >= 0.6 is 15.9 Å². The first kappa shape index (κ1) is 11.0. The summed E-state index contributed by atoms with van der Waals surface area (Å²) in [6.45, 7) is 0. The Kier molecular flexibility index (Phi) is 3.14. The second kappa shape index (κ2) is 4.57. The van der Waals surface area contributed by atoms with Gasteiger partial charge in [-0.15, -0.1) is 0 Å². The van der Waals surface area contributed by atoms with Crippen LogP contribution in [0.5, 0.6) is 11.6 Å². The third-order valence-electron chi connectivity index (χ3n) is 1.78. The van der Waals surface area contributed by atoms with E-state index in [1.54, 1.807) is 0 Å². The molecule has 1 aromatic heterocycles. The molecule has 0 aliphatic carbocycles. The van der Waals surface area contributed by atoms with E-state index in [0.29, 0.717) is 4.47 Å². The molecule has 0 radical (unpaired) electrons. The minimum atomic E-state index is -0.612. The van der Waals surface area contributed by atoms with Crippen molar-refractivity contribution in [3.05, 3.63) is 52.6 Å². The predicted octanol–water partition coefficient (Wildman–Crippen LogP) is 3.91. The van der Waals surface area contributed by atoms with Crippen LogP contribution in [0.25, 0.3) is 0 Å². The summed E-state index contributed by atoms with van der Waals surface area (Å²) in [6.07, 6.45) is 1.40. The highest BCUT2D eigenvalue weighted by molar-refractivity contribution is 9.10. The van der Waals surface area contributed by atoms with Crippen LogP contribution in [0.2, 0.25) is 0 Å². The zero-order chi connectivity index (χ0) is 11.5. The van der Waals surface area contributed by atoms with Gasteiger partial charge in [-0.05, 0) is 34.1 Å². The first-order valence-electron chi connectivity index (χ1n) is 4.39. The predicted molar refractivity (Wildman–Crippen MR) is 58.4 cm³/mol. The van der Waals surface area contributed by atoms with Crippen LogP contribution in [0.4, 0.5) is 8.78 Å². The van der Waals surface area contributed by atoms with Crippen molar-refractivity contribution in [2.75, 3.05) is 0 Å². The first-order chi connectivity index (χ1) is 7.65. The number of halogens is 3. The van der Waals surface area contributed by atoms with Gasteiger partial charge < -0.3 is 4.74 Å². The quantitative estimate of drug-likeness (QED) is 0.835. The fraction of sp³-hybridized carbons (Fsp3) is 0. The van der Waals surface area contributed by atoms with Crippen LogP contribution < -0.4 is 4.74 Å². The SMILES string of the molecule is Fc1cccc(Oc2ncc(Br)cc2F)c1. The van der Waals surface area contributed by atoms with Gasteiger partial charge in [-0.2, -0.15) is 0 Å². The minimum absolute atomic E-state index is 0.186. The van der Waals surface area contributed by atoms with Gasteiger partial charge in [0.05, 0.1) is 0 Å². The molecule has 2 nitrogen and oxygen atoms in total. The third-order valence-corrected chi connectivity index (χ3v) is 2.22. The lowest BCUT2D eigenvalue weighted by Crippen LogP contribution is -1.92. The summed E-state index contributed by atoms with van der Waals surface area (Å²) >= 11 is 3.08. The maximum atomic E-state index is 13.3. The summed E-state index contributed by atoms with van der Waals surface area (Å²) in [5.41, 5.74) is 0. The number of hydrogen-bond donors (Lipinski definition) is 0. The highest BCUT2D eigenvalue weighted by atomic mass is 79.9. The zero-order valence-corrected chi connectivity index (χ0v) is 9.54. The lowest BCUT2D eigenvalue weighted by atomic mass is 10.3. The van der Waals surface area contributed by atoms with E-state index >= 15 is 0 Å². The Labute approximate surface area is 99.0 Å². The summed E-state index contributed by atoms with van der Waals surface area (Å²) in [5.74, 6) is -1.05. The highest BCUT2D eigenvalue weighted by Gasteiger charge is 2.07. The Balaban J connectivity index is 2.27. The second-order valence-corrected chi connectivity index (χ2v) is 3.92. The fourth-order valence-corrected chi connectivity index (χ4v) is 1.42.